The number of hydrogen-bond donors (Lipinski definition) is 0. The molecule has 1 fully saturated rings. The van der Waals surface area contributed by atoms with Crippen molar-refractivity contribution in [3.63, 3.8) is 0 Å². The summed E-state index contributed by atoms with van der Waals surface area (Å²) in [6.45, 7) is 3.62. The smallest absolute Gasteiger partial charge is 0.352 e. The van der Waals surface area contributed by atoms with Gasteiger partial charge in [-0.25, -0.2) is 4.98 Å². The summed E-state index contributed by atoms with van der Waals surface area (Å²) in [5.41, 5.74) is 0.791. The molecule has 1 aliphatic heterocycles. The van der Waals surface area contributed by atoms with Crippen LogP contribution in [-0.4, -0.2) is 50.7 Å². The highest BCUT2D eigenvalue weighted by Crippen LogP contribution is 2.30. The molecule has 0 saturated carbocycles. The first kappa shape index (κ1) is 17.7. The van der Waals surface area contributed by atoms with Gasteiger partial charge in [0.2, 0.25) is 5.65 Å². The monoisotopic (exact) mass is 376 g/mol. The van der Waals surface area contributed by atoms with Crippen LogP contribution in [0.25, 0.3) is 5.65 Å². The van der Waals surface area contributed by atoms with Crippen molar-refractivity contribution in [3.8, 4) is 0 Å². The van der Waals surface area contributed by atoms with E-state index in [1.165, 1.54) is 12.1 Å². The molecule has 1 saturated heterocycles. The van der Waals surface area contributed by atoms with E-state index in [0.29, 0.717) is 17.8 Å². The fraction of sp³-hybridized carbons (Fsp3) is 0.389. The number of halogens is 3. The van der Waals surface area contributed by atoms with E-state index >= 15 is 0 Å². The number of fused-ring (bicyclic) bond motifs is 1. The number of anilines is 1. The topological polar surface area (TPSA) is 49.6 Å². The molecule has 0 spiro atoms. The molecule has 27 heavy (non-hydrogen) atoms. The van der Waals surface area contributed by atoms with Gasteiger partial charge in [0.05, 0.1) is 5.56 Å². The number of nitrogens with zero attached hydrogens (tertiary/aromatic N) is 6. The molecule has 3 heterocycles. The van der Waals surface area contributed by atoms with E-state index in [4.69, 9.17) is 0 Å². The number of benzene rings is 1. The predicted octanol–water partition coefficient (Wildman–Crippen LogP) is 2.86. The molecule has 1 aliphatic rings. The Hall–Kier alpha value is -2.68. The quantitative estimate of drug-likeness (QED) is 0.704. The Bertz CT molecular complexity index is 923. The standard InChI is InChI=1S/C18H19F3N6/c19-18(20,21)15-4-1-3-14(11-15)12-25-6-2-7-26(10-9-25)16-17-24-23-13-27(17)8-5-22-16/h1,3-5,8,11,13H,2,6-7,9-10,12H2. The van der Waals surface area contributed by atoms with Gasteiger partial charge in [0, 0.05) is 45.1 Å². The van der Waals surface area contributed by atoms with Crippen LogP contribution < -0.4 is 4.90 Å². The normalized spacial score (nSPS) is 16.6. The van der Waals surface area contributed by atoms with Gasteiger partial charge in [0.1, 0.15) is 6.33 Å². The summed E-state index contributed by atoms with van der Waals surface area (Å²) in [5.74, 6) is 0.788. The first-order chi connectivity index (χ1) is 13.0. The Morgan fingerprint density at radius 3 is 2.81 bits per heavy atom. The van der Waals surface area contributed by atoms with Gasteiger partial charge in [-0.15, -0.1) is 10.2 Å². The number of alkyl halides is 3. The van der Waals surface area contributed by atoms with Gasteiger partial charge in [0.25, 0.3) is 0 Å². The summed E-state index contributed by atoms with van der Waals surface area (Å²) >= 11 is 0. The summed E-state index contributed by atoms with van der Waals surface area (Å²) in [6, 6.07) is 5.56. The molecule has 142 valence electrons. The Balaban J connectivity index is 1.46. The lowest BCUT2D eigenvalue weighted by atomic mass is 10.1. The second-order valence-electron chi connectivity index (χ2n) is 6.63. The van der Waals surface area contributed by atoms with Crippen LogP contribution in [-0.2, 0) is 12.7 Å². The molecule has 0 aliphatic carbocycles. The fourth-order valence-electron chi connectivity index (χ4n) is 3.41. The minimum Gasteiger partial charge on any atom is -0.352 e. The summed E-state index contributed by atoms with van der Waals surface area (Å²) in [7, 11) is 0. The molecule has 0 atom stereocenters. The predicted molar refractivity (Wildman–Crippen MR) is 94.3 cm³/mol. The van der Waals surface area contributed by atoms with Crippen molar-refractivity contribution in [1.29, 1.82) is 0 Å². The third kappa shape index (κ3) is 3.87. The molecule has 4 rings (SSSR count). The van der Waals surface area contributed by atoms with Gasteiger partial charge in [-0.2, -0.15) is 13.2 Å². The van der Waals surface area contributed by atoms with E-state index in [-0.39, 0.29) is 0 Å². The van der Waals surface area contributed by atoms with E-state index in [0.717, 1.165) is 44.5 Å². The van der Waals surface area contributed by atoms with E-state index in [9.17, 15) is 13.2 Å². The summed E-state index contributed by atoms with van der Waals surface area (Å²) in [6.07, 6.45) is 1.75. The minimum atomic E-state index is -4.31. The van der Waals surface area contributed by atoms with Crippen molar-refractivity contribution in [2.45, 2.75) is 19.1 Å². The first-order valence-electron chi connectivity index (χ1n) is 8.78. The molecule has 0 bridgehead atoms. The highest BCUT2D eigenvalue weighted by molar-refractivity contribution is 5.63. The zero-order valence-electron chi connectivity index (χ0n) is 14.6. The third-order valence-electron chi connectivity index (χ3n) is 4.75. The van der Waals surface area contributed by atoms with Gasteiger partial charge >= 0.3 is 6.18 Å². The molecule has 0 unspecified atom stereocenters. The Morgan fingerprint density at radius 1 is 1.07 bits per heavy atom. The lowest BCUT2D eigenvalue weighted by molar-refractivity contribution is -0.137. The summed E-state index contributed by atoms with van der Waals surface area (Å²) < 4.78 is 40.6. The summed E-state index contributed by atoms with van der Waals surface area (Å²) in [5, 5.41) is 8.06. The lowest BCUT2D eigenvalue weighted by Crippen LogP contribution is -2.31. The zero-order chi connectivity index (χ0) is 18.9. The van der Waals surface area contributed by atoms with Gasteiger partial charge in [0.15, 0.2) is 5.82 Å². The number of hydrogen-bond acceptors (Lipinski definition) is 5. The molecular weight excluding hydrogens is 357 g/mol. The molecule has 9 heteroatoms. The largest absolute Gasteiger partial charge is 0.416 e. The van der Waals surface area contributed by atoms with Crippen LogP contribution >= 0.6 is 0 Å². The minimum absolute atomic E-state index is 0.500. The van der Waals surface area contributed by atoms with Crippen LogP contribution in [0.4, 0.5) is 19.0 Å². The molecular formula is C18H19F3N6. The van der Waals surface area contributed by atoms with Gasteiger partial charge < -0.3 is 4.90 Å². The van der Waals surface area contributed by atoms with Crippen molar-refractivity contribution < 1.29 is 13.2 Å². The van der Waals surface area contributed by atoms with Crippen molar-refractivity contribution in [1.82, 2.24) is 24.5 Å². The molecule has 0 N–H and O–H groups in total. The maximum absolute atomic E-state index is 12.9. The van der Waals surface area contributed by atoms with Crippen LogP contribution in [0.2, 0.25) is 0 Å². The molecule has 0 radical (unpaired) electrons. The first-order valence-corrected chi connectivity index (χ1v) is 8.78. The second kappa shape index (κ2) is 7.15. The molecule has 1 aromatic carbocycles. The third-order valence-corrected chi connectivity index (χ3v) is 4.75. The van der Waals surface area contributed by atoms with Crippen LogP contribution in [0.3, 0.4) is 0 Å². The van der Waals surface area contributed by atoms with Crippen molar-refractivity contribution in [2.75, 3.05) is 31.1 Å². The Kier molecular flexibility index (Phi) is 4.69. The average molecular weight is 376 g/mol. The van der Waals surface area contributed by atoms with E-state index < -0.39 is 11.7 Å². The molecule has 0 amide bonds. The van der Waals surface area contributed by atoms with Gasteiger partial charge in [-0.1, -0.05) is 18.2 Å². The fourth-order valence-corrected chi connectivity index (χ4v) is 3.41. The van der Waals surface area contributed by atoms with Gasteiger partial charge in [-0.05, 0) is 18.1 Å². The van der Waals surface area contributed by atoms with Crippen molar-refractivity contribution >= 4 is 11.5 Å². The Morgan fingerprint density at radius 2 is 1.96 bits per heavy atom. The van der Waals surface area contributed by atoms with Gasteiger partial charge in [-0.3, -0.25) is 9.30 Å². The van der Waals surface area contributed by atoms with E-state index in [1.54, 1.807) is 24.8 Å². The van der Waals surface area contributed by atoms with Crippen LogP contribution in [0.1, 0.15) is 17.5 Å². The maximum atomic E-state index is 12.9. The Labute approximate surface area is 154 Å². The lowest BCUT2D eigenvalue weighted by Gasteiger charge is -2.23. The SMILES string of the molecule is FC(F)(F)c1cccc(CN2CCCN(c3nccn4cnnc34)CC2)c1. The summed E-state index contributed by atoms with van der Waals surface area (Å²) in [4.78, 5) is 8.79. The maximum Gasteiger partial charge on any atom is 0.416 e. The number of rotatable bonds is 3. The van der Waals surface area contributed by atoms with Crippen LogP contribution in [0, 0.1) is 0 Å². The van der Waals surface area contributed by atoms with Crippen LogP contribution in [0.5, 0.6) is 0 Å². The average Bonchev–Trinajstić information content (AvgIpc) is 3.01. The molecule has 2 aromatic heterocycles. The second-order valence-corrected chi connectivity index (χ2v) is 6.63. The van der Waals surface area contributed by atoms with Crippen molar-refractivity contribution in [3.05, 3.63) is 54.1 Å². The van der Waals surface area contributed by atoms with Crippen LogP contribution in [0.15, 0.2) is 43.0 Å². The molecule has 3 aromatic rings. The van der Waals surface area contributed by atoms with E-state index in [1.807, 2.05) is 4.40 Å². The highest BCUT2D eigenvalue weighted by atomic mass is 19.4. The number of aromatic nitrogens is 4. The highest BCUT2D eigenvalue weighted by Gasteiger charge is 2.30. The zero-order valence-corrected chi connectivity index (χ0v) is 14.6. The van der Waals surface area contributed by atoms with Crippen molar-refractivity contribution in [2.24, 2.45) is 0 Å². The van der Waals surface area contributed by atoms with E-state index in [2.05, 4.69) is 25.0 Å². The molecule has 6 nitrogen and oxygen atoms in total.